The molecular formula is C4H8O5. The van der Waals surface area contributed by atoms with Crippen molar-refractivity contribution >= 4 is 0 Å². The van der Waals surface area contributed by atoms with Crippen LogP contribution in [0.15, 0.2) is 12.3 Å². The predicted octanol–water partition coefficient (Wildman–Crippen LogP) is 0.799. The molecule has 0 aliphatic rings. The van der Waals surface area contributed by atoms with Gasteiger partial charge in [0.05, 0.1) is 0 Å². The molecule has 0 aliphatic carbocycles. The van der Waals surface area contributed by atoms with E-state index in [1.54, 1.807) is 0 Å². The van der Waals surface area contributed by atoms with E-state index in [0.717, 1.165) is 0 Å². The minimum Gasteiger partial charge on any atom is -0.342 e. The molecule has 0 bridgehead atoms. The Morgan fingerprint density at radius 2 is 2.11 bits per heavy atom. The first-order valence-electron chi connectivity index (χ1n) is 2.19. The standard InChI is InChI=1S/C4H8O5/c1-3(7-5)4(2)8-9-6/h4-6H,1H2,2H3. The van der Waals surface area contributed by atoms with Crippen LogP contribution in [0.5, 0.6) is 0 Å². The van der Waals surface area contributed by atoms with Gasteiger partial charge in [0.15, 0.2) is 11.9 Å². The molecule has 1 unspecified atom stereocenters. The molecule has 0 spiro atoms. The van der Waals surface area contributed by atoms with E-state index in [-0.39, 0.29) is 5.76 Å². The van der Waals surface area contributed by atoms with Crippen molar-refractivity contribution in [1.29, 1.82) is 0 Å². The smallest absolute Gasteiger partial charge is 0.166 e. The Bertz CT molecular complexity index is 91.0. The van der Waals surface area contributed by atoms with Gasteiger partial charge in [-0.15, -0.1) is 0 Å². The Kier molecular flexibility index (Phi) is 3.98. The first-order chi connectivity index (χ1) is 4.22. The molecular weight excluding hydrogens is 128 g/mol. The van der Waals surface area contributed by atoms with Crippen LogP contribution in [0.25, 0.3) is 0 Å². The maximum absolute atomic E-state index is 7.92. The summed E-state index contributed by atoms with van der Waals surface area (Å²) in [6.07, 6.45) is -0.708. The molecule has 2 N–H and O–H groups in total. The number of hydrogen-bond donors (Lipinski definition) is 2. The van der Waals surface area contributed by atoms with Gasteiger partial charge in [0, 0.05) is 0 Å². The summed E-state index contributed by atoms with van der Waals surface area (Å²) >= 11 is 0. The van der Waals surface area contributed by atoms with E-state index >= 15 is 0 Å². The lowest BCUT2D eigenvalue weighted by Gasteiger charge is -2.06. The molecule has 0 saturated carbocycles. The average Bonchev–Trinajstić information content (AvgIpc) is 1.87. The van der Waals surface area contributed by atoms with Crippen molar-refractivity contribution in [2.45, 2.75) is 13.0 Å². The van der Waals surface area contributed by atoms with E-state index in [1.807, 2.05) is 0 Å². The molecule has 5 heteroatoms. The molecule has 0 amide bonds. The molecule has 0 aromatic rings. The second-order valence-electron chi connectivity index (χ2n) is 1.37. The average molecular weight is 136 g/mol. The Labute approximate surface area is 51.9 Å². The monoisotopic (exact) mass is 136 g/mol. The Balaban J connectivity index is 3.45. The van der Waals surface area contributed by atoms with Crippen LogP contribution in [0.3, 0.4) is 0 Å². The summed E-state index contributed by atoms with van der Waals surface area (Å²) in [7, 11) is 0. The Morgan fingerprint density at radius 1 is 1.56 bits per heavy atom. The lowest BCUT2D eigenvalue weighted by molar-refractivity contribution is -0.504. The summed E-state index contributed by atoms with van der Waals surface area (Å²) in [5.41, 5.74) is 0. The van der Waals surface area contributed by atoms with Crippen molar-refractivity contribution in [2.24, 2.45) is 0 Å². The van der Waals surface area contributed by atoms with Gasteiger partial charge in [0.1, 0.15) is 0 Å². The predicted molar refractivity (Wildman–Crippen MR) is 27.1 cm³/mol. The van der Waals surface area contributed by atoms with Crippen molar-refractivity contribution in [2.75, 3.05) is 0 Å². The first kappa shape index (κ1) is 8.38. The van der Waals surface area contributed by atoms with Crippen LogP contribution in [-0.4, -0.2) is 16.6 Å². The van der Waals surface area contributed by atoms with Gasteiger partial charge in [0.2, 0.25) is 0 Å². The third kappa shape index (κ3) is 3.04. The van der Waals surface area contributed by atoms with Gasteiger partial charge in [0.25, 0.3) is 0 Å². The molecule has 0 aliphatic heterocycles. The SMILES string of the molecule is C=C(OO)C(C)OOO. The fourth-order valence-corrected chi connectivity index (χ4v) is 0.192. The van der Waals surface area contributed by atoms with Crippen LogP contribution in [0.1, 0.15) is 6.92 Å². The third-order valence-electron chi connectivity index (χ3n) is 0.758. The molecule has 0 radical (unpaired) electrons. The van der Waals surface area contributed by atoms with E-state index in [2.05, 4.69) is 21.4 Å². The molecule has 0 rings (SSSR count). The second kappa shape index (κ2) is 4.28. The van der Waals surface area contributed by atoms with E-state index in [0.29, 0.717) is 0 Å². The summed E-state index contributed by atoms with van der Waals surface area (Å²) in [6.45, 7) is 4.67. The van der Waals surface area contributed by atoms with E-state index < -0.39 is 6.10 Å². The van der Waals surface area contributed by atoms with Gasteiger partial charge < -0.3 is 4.89 Å². The van der Waals surface area contributed by atoms with Gasteiger partial charge in [-0.2, -0.15) is 4.89 Å². The van der Waals surface area contributed by atoms with E-state index in [9.17, 15) is 0 Å². The van der Waals surface area contributed by atoms with E-state index in [4.69, 9.17) is 10.5 Å². The van der Waals surface area contributed by atoms with Crippen LogP contribution in [0.2, 0.25) is 0 Å². The van der Waals surface area contributed by atoms with Crippen molar-refractivity contribution in [3.8, 4) is 0 Å². The molecule has 0 aromatic carbocycles. The number of rotatable bonds is 4. The zero-order valence-electron chi connectivity index (χ0n) is 4.90. The minimum atomic E-state index is -0.708. The molecule has 54 valence electrons. The molecule has 0 aromatic heterocycles. The highest BCUT2D eigenvalue weighted by molar-refractivity contribution is 4.87. The zero-order chi connectivity index (χ0) is 7.28. The first-order valence-corrected chi connectivity index (χ1v) is 2.19. The highest BCUT2D eigenvalue weighted by Crippen LogP contribution is 2.02. The van der Waals surface area contributed by atoms with Crippen molar-refractivity contribution in [3.63, 3.8) is 0 Å². The fraction of sp³-hybridized carbons (Fsp3) is 0.500. The van der Waals surface area contributed by atoms with Crippen molar-refractivity contribution in [3.05, 3.63) is 12.3 Å². The van der Waals surface area contributed by atoms with Crippen LogP contribution in [-0.2, 0) is 14.8 Å². The normalized spacial score (nSPS) is 12.8. The molecule has 0 heterocycles. The lowest BCUT2D eigenvalue weighted by Crippen LogP contribution is -2.11. The second-order valence-corrected chi connectivity index (χ2v) is 1.37. The molecule has 5 nitrogen and oxygen atoms in total. The lowest BCUT2D eigenvalue weighted by atomic mass is 10.4. The van der Waals surface area contributed by atoms with Crippen LogP contribution < -0.4 is 0 Å². The van der Waals surface area contributed by atoms with Crippen LogP contribution in [0.4, 0.5) is 0 Å². The fourth-order valence-electron chi connectivity index (χ4n) is 0.192. The van der Waals surface area contributed by atoms with Crippen LogP contribution >= 0.6 is 0 Å². The van der Waals surface area contributed by atoms with Gasteiger partial charge >= 0.3 is 0 Å². The quantitative estimate of drug-likeness (QED) is 0.340. The maximum atomic E-state index is 7.92. The van der Waals surface area contributed by atoms with Crippen molar-refractivity contribution in [1.82, 2.24) is 0 Å². The van der Waals surface area contributed by atoms with Gasteiger partial charge in [-0.05, 0) is 6.92 Å². The molecule has 0 saturated heterocycles. The zero-order valence-corrected chi connectivity index (χ0v) is 4.90. The largest absolute Gasteiger partial charge is 0.342 e. The maximum Gasteiger partial charge on any atom is 0.166 e. The summed E-state index contributed by atoms with van der Waals surface area (Å²) in [5, 5.41) is 18.9. The Morgan fingerprint density at radius 3 is 2.44 bits per heavy atom. The topological polar surface area (TPSA) is 68.2 Å². The van der Waals surface area contributed by atoms with Gasteiger partial charge in [-0.3, -0.25) is 0 Å². The van der Waals surface area contributed by atoms with Crippen LogP contribution in [0, 0.1) is 0 Å². The van der Waals surface area contributed by atoms with Gasteiger partial charge in [-0.25, -0.2) is 10.5 Å². The highest BCUT2D eigenvalue weighted by Gasteiger charge is 2.08. The van der Waals surface area contributed by atoms with E-state index in [1.165, 1.54) is 6.92 Å². The Hall–Kier alpha value is -0.620. The third-order valence-corrected chi connectivity index (χ3v) is 0.758. The van der Waals surface area contributed by atoms with Crippen molar-refractivity contribution < 1.29 is 25.3 Å². The molecule has 1 atom stereocenters. The highest BCUT2D eigenvalue weighted by atomic mass is 17.5. The molecule has 9 heavy (non-hydrogen) atoms. The number of hydrogen-bond acceptors (Lipinski definition) is 5. The summed E-state index contributed by atoms with van der Waals surface area (Å²) in [5.74, 6) is -0.0518. The molecule has 0 fully saturated rings. The minimum absolute atomic E-state index is 0.0518. The summed E-state index contributed by atoms with van der Waals surface area (Å²) in [4.78, 5) is 7.72. The summed E-state index contributed by atoms with van der Waals surface area (Å²) in [6, 6.07) is 0. The van der Waals surface area contributed by atoms with Gasteiger partial charge in [-0.1, -0.05) is 11.6 Å². The summed E-state index contributed by atoms with van der Waals surface area (Å²) < 4.78 is 0.